The highest BCUT2D eigenvalue weighted by Crippen LogP contribution is 2.22. The lowest BCUT2D eigenvalue weighted by Gasteiger charge is -2.31. The van der Waals surface area contributed by atoms with E-state index in [2.05, 4.69) is 20.0 Å². The van der Waals surface area contributed by atoms with E-state index in [9.17, 15) is 4.79 Å². The molecule has 0 N–H and O–H groups in total. The van der Waals surface area contributed by atoms with Gasteiger partial charge in [0.2, 0.25) is 5.95 Å². The Kier molecular flexibility index (Phi) is 3.81. The van der Waals surface area contributed by atoms with E-state index in [4.69, 9.17) is 0 Å². The van der Waals surface area contributed by atoms with Crippen molar-refractivity contribution in [1.82, 2.24) is 19.7 Å². The second-order valence-corrected chi connectivity index (χ2v) is 6.47. The van der Waals surface area contributed by atoms with Crippen LogP contribution < -0.4 is 10.5 Å². The number of fused-ring (bicyclic) bond motifs is 1. The highest BCUT2D eigenvalue weighted by Gasteiger charge is 2.22. The number of rotatable bonds is 3. The molecule has 1 fully saturated rings. The fourth-order valence-corrected chi connectivity index (χ4v) is 3.58. The van der Waals surface area contributed by atoms with Gasteiger partial charge in [0.1, 0.15) is 0 Å². The van der Waals surface area contributed by atoms with Crippen LogP contribution in [0.4, 0.5) is 5.95 Å². The molecule has 4 rings (SSSR count). The third kappa shape index (κ3) is 2.98. The van der Waals surface area contributed by atoms with Gasteiger partial charge in [-0.15, -0.1) is 0 Å². The number of aryl methyl sites for hydroxylation is 2. The minimum atomic E-state index is 0.0551. The number of anilines is 1. The van der Waals surface area contributed by atoms with Crippen LogP contribution in [0.1, 0.15) is 30.5 Å². The summed E-state index contributed by atoms with van der Waals surface area (Å²) in [6.07, 6.45) is 8.80. The first-order chi connectivity index (χ1) is 11.3. The van der Waals surface area contributed by atoms with E-state index >= 15 is 0 Å². The smallest absolute Gasteiger partial charge is 0.267 e. The molecule has 0 radical (unpaired) electrons. The molecule has 0 aromatic carbocycles. The summed E-state index contributed by atoms with van der Waals surface area (Å²) in [6.45, 7) is 2.61. The number of aromatic nitrogens is 4. The molecule has 6 heteroatoms. The van der Waals surface area contributed by atoms with Crippen molar-refractivity contribution >= 4 is 5.95 Å². The predicted octanol–water partition coefficient (Wildman–Crippen LogP) is 1.44. The first kappa shape index (κ1) is 14.4. The Bertz CT molecular complexity index is 734. The molecule has 2 aromatic rings. The Morgan fingerprint density at radius 2 is 1.91 bits per heavy atom. The van der Waals surface area contributed by atoms with Gasteiger partial charge in [0.05, 0.1) is 5.69 Å². The standard InChI is InChI=1S/C17H21N5O/c23-16-11-14-3-1-4-15(14)20-22(16)12-13-5-9-21(10-6-13)17-18-7-2-8-19-17/h2,7-8,11,13H,1,3-6,9-10,12H2. The average molecular weight is 311 g/mol. The fourth-order valence-electron chi connectivity index (χ4n) is 3.58. The minimum Gasteiger partial charge on any atom is -0.341 e. The molecule has 120 valence electrons. The van der Waals surface area contributed by atoms with Crippen LogP contribution in [0, 0.1) is 5.92 Å². The zero-order valence-electron chi connectivity index (χ0n) is 13.2. The lowest BCUT2D eigenvalue weighted by molar-refractivity contribution is 0.332. The minimum absolute atomic E-state index is 0.0551. The van der Waals surface area contributed by atoms with E-state index in [0.717, 1.165) is 68.9 Å². The summed E-state index contributed by atoms with van der Waals surface area (Å²) in [6, 6.07) is 3.63. The van der Waals surface area contributed by atoms with E-state index in [0.29, 0.717) is 5.92 Å². The van der Waals surface area contributed by atoms with Crippen molar-refractivity contribution in [3.05, 3.63) is 46.1 Å². The number of hydrogen-bond acceptors (Lipinski definition) is 5. The van der Waals surface area contributed by atoms with Crippen molar-refractivity contribution < 1.29 is 0 Å². The monoisotopic (exact) mass is 311 g/mol. The van der Waals surface area contributed by atoms with E-state index in [1.807, 2.05) is 6.07 Å². The zero-order valence-corrected chi connectivity index (χ0v) is 13.2. The Morgan fingerprint density at radius 3 is 2.70 bits per heavy atom. The molecule has 1 aliphatic carbocycles. The summed E-state index contributed by atoms with van der Waals surface area (Å²) in [5.74, 6) is 1.30. The first-order valence-electron chi connectivity index (χ1n) is 8.41. The van der Waals surface area contributed by atoms with Crippen molar-refractivity contribution in [2.75, 3.05) is 18.0 Å². The molecule has 23 heavy (non-hydrogen) atoms. The maximum Gasteiger partial charge on any atom is 0.267 e. The lowest BCUT2D eigenvalue weighted by atomic mass is 9.97. The van der Waals surface area contributed by atoms with Crippen LogP contribution in [-0.4, -0.2) is 32.8 Å². The third-order valence-corrected chi connectivity index (χ3v) is 4.90. The molecular formula is C17H21N5O. The van der Waals surface area contributed by atoms with Crippen LogP contribution in [0.3, 0.4) is 0 Å². The van der Waals surface area contributed by atoms with Crippen molar-refractivity contribution in [2.24, 2.45) is 5.92 Å². The molecule has 0 unspecified atom stereocenters. The summed E-state index contributed by atoms with van der Waals surface area (Å²) in [7, 11) is 0. The van der Waals surface area contributed by atoms with Crippen molar-refractivity contribution in [2.45, 2.75) is 38.6 Å². The van der Waals surface area contributed by atoms with E-state index in [1.54, 1.807) is 23.1 Å². The van der Waals surface area contributed by atoms with Gasteiger partial charge in [0.25, 0.3) is 5.56 Å². The average Bonchev–Trinajstić information content (AvgIpc) is 3.04. The largest absolute Gasteiger partial charge is 0.341 e. The summed E-state index contributed by atoms with van der Waals surface area (Å²) >= 11 is 0. The van der Waals surface area contributed by atoms with Crippen LogP contribution >= 0.6 is 0 Å². The van der Waals surface area contributed by atoms with Gasteiger partial charge in [-0.2, -0.15) is 5.10 Å². The summed E-state index contributed by atoms with van der Waals surface area (Å²) in [5.41, 5.74) is 2.33. The number of piperidine rings is 1. The molecule has 3 heterocycles. The molecule has 1 saturated heterocycles. The second-order valence-electron chi connectivity index (χ2n) is 6.47. The van der Waals surface area contributed by atoms with Crippen LogP contribution in [-0.2, 0) is 19.4 Å². The normalized spacial score (nSPS) is 18.2. The third-order valence-electron chi connectivity index (χ3n) is 4.90. The quantitative estimate of drug-likeness (QED) is 0.858. The van der Waals surface area contributed by atoms with Crippen molar-refractivity contribution in [1.29, 1.82) is 0 Å². The molecule has 2 aliphatic rings. The SMILES string of the molecule is O=c1cc2c(nn1CC1CCN(c3ncccn3)CC1)CCC2. The van der Waals surface area contributed by atoms with Crippen molar-refractivity contribution in [3.63, 3.8) is 0 Å². The van der Waals surface area contributed by atoms with Gasteiger partial charge in [-0.25, -0.2) is 14.6 Å². The molecular weight excluding hydrogens is 290 g/mol. The van der Waals surface area contributed by atoms with Gasteiger partial charge in [-0.3, -0.25) is 4.79 Å². The Hall–Kier alpha value is -2.24. The Balaban J connectivity index is 1.41. The van der Waals surface area contributed by atoms with Gasteiger partial charge in [-0.1, -0.05) is 0 Å². The van der Waals surface area contributed by atoms with Crippen molar-refractivity contribution in [3.8, 4) is 0 Å². The van der Waals surface area contributed by atoms with Crippen LogP contribution in [0.15, 0.2) is 29.3 Å². The molecule has 1 aliphatic heterocycles. The van der Waals surface area contributed by atoms with Crippen LogP contribution in [0.2, 0.25) is 0 Å². The first-order valence-corrected chi connectivity index (χ1v) is 8.41. The molecule has 0 bridgehead atoms. The van der Waals surface area contributed by atoms with Gasteiger partial charge < -0.3 is 4.90 Å². The number of hydrogen-bond donors (Lipinski definition) is 0. The van der Waals surface area contributed by atoms with Gasteiger partial charge in [0.15, 0.2) is 0 Å². The molecule has 0 atom stereocenters. The van der Waals surface area contributed by atoms with Gasteiger partial charge in [-0.05, 0) is 49.7 Å². The highest BCUT2D eigenvalue weighted by atomic mass is 16.1. The van der Waals surface area contributed by atoms with E-state index < -0.39 is 0 Å². The summed E-state index contributed by atoms with van der Waals surface area (Å²) in [5, 5.41) is 4.59. The Labute approximate surface area is 135 Å². The van der Waals surface area contributed by atoms with Crippen LogP contribution in [0.5, 0.6) is 0 Å². The van der Waals surface area contributed by atoms with E-state index in [-0.39, 0.29) is 5.56 Å². The fraction of sp³-hybridized carbons (Fsp3) is 0.529. The molecule has 0 spiro atoms. The second kappa shape index (κ2) is 6.10. The lowest BCUT2D eigenvalue weighted by Crippen LogP contribution is -2.37. The topological polar surface area (TPSA) is 63.9 Å². The number of nitrogens with zero attached hydrogens (tertiary/aromatic N) is 5. The summed E-state index contributed by atoms with van der Waals surface area (Å²) < 4.78 is 1.68. The maximum atomic E-state index is 12.2. The van der Waals surface area contributed by atoms with Gasteiger partial charge >= 0.3 is 0 Å². The Morgan fingerprint density at radius 1 is 1.13 bits per heavy atom. The van der Waals surface area contributed by atoms with E-state index in [1.165, 1.54) is 0 Å². The maximum absolute atomic E-state index is 12.2. The molecule has 0 amide bonds. The van der Waals surface area contributed by atoms with Gasteiger partial charge in [0, 0.05) is 38.1 Å². The summed E-state index contributed by atoms with van der Waals surface area (Å²) in [4.78, 5) is 23.1. The molecule has 2 aromatic heterocycles. The highest BCUT2D eigenvalue weighted by molar-refractivity contribution is 5.28. The molecule has 6 nitrogen and oxygen atoms in total. The molecule has 0 saturated carbocycles. The predicted molar refractivity (Wildman–Crippen MR) is 87.5 cm³/mol. The zero-order chi connectivity index (χ0) is 15.6. The van der Waals surface area contributed by atoms with Crippen LogP contribution in [0.25, 0.3) is 0 Å².